The van der Waals surface area contributed by atoms with Crippen LogP contribution >= 0.6 is 0 Å². The Hall–Kier alpha value is -1.38. The van der Waals surface area contributed by atoms with Crippen molar-refractivity contribution in [1.29, 1.82) is 0 Å². The second-order valence-corrected chi connectivity index (χ2v) is 3.64. The molecule has 0 spiro atoms. The van der Waals surface area contributed by atoms with E-state index in [0.29, 0.717) is 26.2 Å². The number of nitrogens with one attached hydrogen (secondary N) is 2. The molecule has 96 valence electrons. The van der Waals surface area contributed by atoms with Gasteiger partial charge in [-0.3, -0.25) is 5.10 Å². The molecule has 1 aliphatic heterocycles. The SMILES string of the molecule is FC(F)C(F)(F)c1nc(N2CCNCC2)n[nH]1. The van der Waals surface area contributed by atoms with E-state index in [1.165, 1.54) is 0 Å². The molecule has 17 heavy (non-hydrogen) atoms. The Kier molecular flexibility index (Phi) is 3.18. The number of aromatic nitrogens is 3. The van der Waals surface area contributed by atoms with Gasteiger partial charge in [-0.1, -0.05) is 0 Å². The van der Waals surface area contributed by atoms with Crippen LogP contribution in [0.25, 0.3) is 0 Å². The van der Waals surface area contributed by atoms with Crippen molar-refractivity contribution in [3.8, 4) is 0 Å². The lowest BCUT2D eigenvalue weighted by Crippen LogP contribution is -2.44. The minimum absolute atomic E-state index is 0.0295. The van der Waals surface area contributed by atoms with E-state index in [0.717, 1.165) is 0 Å². The number of hydrogen-bond donors (Lipinski definition) is 2. The Bertz CT molecular complexity index is 374. The Morgan fingerprint density at radius 1 is 1.24 bits per heavy atom. The first kappa shape index (κ1) is 12.1. The summed E-state index contributed by atoms with van der Waals surface area (Å²) in [6.45, 7) is 2.46. The molecule has 0 atom stereocenters. The number of rotatable bonds is 3. The summed E-state index contributed by atoms with van der Waals surface area (Å²) in [6.07, 6.45) is -3.80. The number of hydrogen-bond acceptors (Lipinski definition) is 4. The highest BCUT2D eigenvalue weighted by Crippen LogP contribution is 2.32. The molecule has 0 amide bonds. The monoisotopic (exact) mass is 253 g/mol. The molecule has 1 aromatic heterocycles. The van der Waals surface area contributed by atoms with Crippen molar-refractivity contribution >= 4 is 5.95 Å². The van der Waals surface area contributed by atoms with Gasteiger partial charge in [0.05, 0.1) is 0 Å². The average molecular weight is 253 g/mol. The maximum Gasteiger partial charge on any atom is 0.365 e. The van der Waals surface area contributed by atoms with Gasteiger partial charge in [-0.15, -0.1) is 5.10 Å². The Balaban J connectivity index is 2.15. The third-order valence-electron chi connectivity index (χ3n) is 2.46. The molecule has 1 saturated heterocycles. The van der Waals surface area contributed by atoms with Crippen LogP contribution in [0.15, 0.2) is 0 Å². The highest BCUT2D eigenvalue weighted by Gasteiger charge is 2.46. The van der Waals surface area contributed by atoms with Crippen LogP contribution in [0.1, 0.15) is 5.82 Å². The normalized spacial score (nSPS) is 17.8. The lowest BCUT2D eigenvalue weighted by atomic mass is 10.3. The maximum atomic E-state index is 12.9. The predicted octanol–water partition coefficient (Wildman–Crippen LogP) is 0.571. The van der Waals surface area contributed by atoms with E-state index >= 15 is 0 Å². The molecule has 1 aliphatic rings. The van der Waals surface area contributed by atoms with Gasteiger partial charge in [-0.2, -0.15) is 13.8 Å². The Morgan fingerprint density at radius 2 is 1.88 bits per heavy atom. The van der Waals surface area contributed by atoms with Crippen LogP contribution in [0.3, 0.4) is 0 Å². The molecule has 0 saturated carbocycles. The lowest BCUT2D eigenvalue weighted by Gasteiger charge is -2.25. The van der Waals surface area contributed by atoms with Crippen molar-refractivity contribution in [2.75, 3.05) is 31.1 Å². The summed E-state index contributed by atoms with van der Waals surface area (Å²) < 4.78 is 50.1. The highest BCUT2D eigenvalue weighted by atomic mass is 19.3. The molecule has 2 heterocycles. The van der Waals surface area contributed by atoms with Crippen LogP contribution in [-0.2, 0) is 5.92 Å². The molecule has 2 N–H and O–H groups in total. The van der Waals surface area contributed by atoms with Gasteiger partial charge >= 0.3 is 12.3 Å². The molecule has 9 heteroatoms. The van der Waals surface area contributed by atoms with Crippen LogP contribution in [0.5, 0.6) is 0 Å². The second kappa shape index (κ2) is 4.47. The van der Waals surface area contributed by atoms with Gasteiger partial charge in [0.15, 0.2) is 0 Å². The molecule has 1 aromatic rings. The van der Waals surface area contributed by atoms with E-state index in [4.69, 9.17) is 0 Å². The van der Waals surface area contributed by atoms with E-state index in [1.54, 1.807) is 4.90 Å². The summed E-state index contributed by atoms with van der Waals surface area (Å²) in [5.41, 5.74) is 0. The van der Waals surface area contributed by atoms with Gasteiger partial charge < -0.3 is 10.2 Å². The molecular formula is C8H11F4N5. The first-order valence-electron chi connectivity index (χ1n) is 5.06. The quantitative estimate of drug-likeness (QED) is 0.773. The van der Waals surface area contributed by atoms with E-state index < -0.39 is 18.2 Å². The number of aromatic amines is 1. The summed E-state index contributed by atoms with van der Waals surface area (Å²) in [5, 5.41) is 8.47. The summed E-state index contributed by atoms with van der Waals surface area (Å²) in [5.74, 6) is -5.36. The Labute approximate surface area is 94.2 Å². The van der Waals surface area contributed by atoms with Gasteiger partial charge in [-0.05, 0) is 0 Å². The zero-order chi connectivity index (χ0) is 12.5. The van der Waals surface area contributed by atoms with Crippen LogP contribution < -0.4 is 10.2 Å². The molecule has 0 bridgehead atoms. The second-order valence-electron chi connectivity index (χ2n) is 3.64. The topological polar surface area (TPSA) is 56.8 Å². The van der Waals surface area contributed by atoms with Crippen molar-refractivity contribution in [1.82, 2.24) is 20.5 Å². The van der Waals surface area contributed by atoms with E-state index in [2.05, 4.69) is 15.4 Å². The van der Waals surface area contributed by atoms with Gasteiger partial charge in [0.2, 0.25) is 11.8 Å². The van der Waals surface area contributed by atoms with Crippen molar-refractivity contribution in [3.05, 3.63) is 5.82 Å². The predicted molar refractivity (Wildman–Crippen MR) is 51.4 cm³/mol. The standard InChI is InChI=1S/C8H11F4N5/c9-5(10)8(11,12)6-14-7(16-15-6)17-3-1-13-2-4-17/h5,13H,1-4H2,(H,14,15,16). The average Bonchev–Trinajstić information content (AvgIpc) is 2.80. The van der Waals surface area contributed by atoms with Crippen LogP contribution in [-0.4, -0.2) is 47.8 Å². The van der Waals surface area contributed by atoms with Crippen LogP contribution in [0.4, 0.5) is 23.5 Å². The molecule has 2 rings (SSSR count). The summed E-state index contributed by atoms with van der Waals surface area (Å²) in [6, 6.07) is 0. The fourth-order valence-corrected chi connectivity index (χ4v) is 1.51. The molecule has 0 unspecified atom stereocenters. The smallest absolute Gasteiger partial charge is 0.337 e. The molecular weight excluding hydrogens is 242 g/mol. The Morgan fingerprint density at radius 3 is 2.47 bits per heavy atom. The minimum Gasteiger partial charge on any atom is -0.337 e. The van der Waals surface area contributed by atoms with E-state index in [1.807, 2.05) is 5.10 Å². The van der Waals surface area contributed by atoms with Gasteiger partial charge in [0.25, 0.3) is 0 Å². The van der Waals surface area contributed by atoms with Gasteiger partial charge in [0.1, 0.15) is 0 Å². The van der Waals surface area contributed by atoms with Crippen molar-refractivity contribution < 1.29 is 17.6 Å². The third kappa shape index (κ3) is 2.33. The number of halogens is 4. The highest BCUT2D eigenvalue weighted by molar-refractivity contribution is 5.30. The fourth-order valence-electron chi connectivity index (χ4n) is 1.51. The first-order chi connectivity index (χ1) is 8.01. The lowest BCUT2D eigenvalue weighted by molar-refractivity contribution is -0.140. The van der Waals surface area contributed by atoms with Crippen molar-refractivity contribution in [3.63, 3.8) is 0 Å². The summed E-state index contributed by atoms with van der Waals surface area (Å²) >= 11 is 0. The molecule has 0 aliphatic carbocycles. The maximum absolute atomic E-state index is 12.9. The number of nitrogens with zero attached hydrogens (tertiary/aromatic N) is 3. The van der Waals surface area contributed by atoms with E-state index in [-0.39, 0.29) is 5.95 Å². The van der Waals surface area contributed by atoms with E-state index in [9.17, 15) is 17.6 Å². The minimum atomic E-state index is -4.29. The molecule has 0 radical (unpaired) electrons. The van der Waals surface area contributed by atoms with Crippen molar-refractivity contribution in [2.24, 2.45) is 0 Å². The molecule has 0 aromatic carbocycles. The summed E-state index contributed by atoms with van der Waals surface area (Å²) in [7, 11) is 0. The largest absolute Gasteiger partial charge is 0.365 e. The summed E-state index contributed by atoms with van der Waals surface area (Å²) in [4.78, 5) is 5.08. The van der Waals surface area contributed by atoms with Crippen LogP contribution in [0.2, 0.25) is 0 Å². The third-order valence-corrected chi connectivity index (χ3v) is 2.46. The number of H-pyrrole nitrogens is 1. The van der Waals surface area contributed by atoms with Gasteiger partial charge in [0, 0.05) is 26.2 Å². The fraction of sp³-hybridized carbons (Fsp3) is 0.750. The first-order valence-corrected chi connectivity index (χ1v) is 5.06. The zero-order valence-corrected chi connectivity index (χ0v) is 8.76. The number of piperazine rings is 1. The van der Waals surface area contributed by atoms with Crippen LogP contribution in [0, 0.1) is 0 Å². The molecule has 5 nitrogen and oxygen atoms in total. The van der Waals surface area contributed by atoms with Crippen molar-refractivity contribution in [2.45, 2.75) is 12.3 Å². The number of anilines is 1. The molecule has 1 fully saturated rings. The number of alkyl halides is 4. The zero-order valence-electron chi connectivity index (χ0n) is 8.76. The van der Waals surface area contributed by atoms with Gasteiger partial charge in [-0.25, -0.2) is 8.78 Å².